The van der Waals surface area contributed by atoms with Crippen LogP contribution in [0.2, 0.25) is 0 Å². The minimum absolute atomic E-state index is 0.109. The first kappa shape index (κ1) is 19.3. The molecule has 0 unspecified atom stereocenters. The summed E-state index contributed by atoms with van der Waals surface area (Å²) in [6.07, 6.45) is 0.929. The zero-order valence-electron chi connectivity index (χ0n) is 15.8. The van der Waals surface area contributed by atoms with E-state index in [-0.39, 0.29) is 18.7 Å². The predicted octanol–water partition coefficient (Wildman–Crippen LogP) is 1.70. The highest BCUT2D eigenvalue weighted by Gasteiger charge is 2.31. The predicted molar refractivity (Wildman–Crippen MR) is 105 cm³/mol. The van der Waals surface area contributed by atoms with Gasteiger partial charge in [-0.3, -0.25) is 24.1 Å². The number of likely N-dealkylation sites (tertiary alicyclic amines) is 1. The lowest BCUT2D eigenvalue weighted by atomic mass is 10.1. The number of rotatable bonds is 5. The van der Waals surface area contributed by atoms with Crippen LogP contribution in [0.25, 0.3) is 11.3 Å². The summed E-state index contributed by atoms with van der Waals surface area (Å²) in [6.45, 7) is 1.59. The Morgan fingerprint density at radius 3 is 2.62 bits per heavy atom. The van der Waals surface area contributed by atoms with Crippen molar-refractivity contribution in [2.45, 2.75) is 26.2 Å². The summed E-state index contributed by atoms with van der Waals surface area (Å²) in [6, 6.07) is 5.84. The molecule has 4 rings (SSSR count). The largest absolute Gasteiger partial charge is 0.454 e. The van der Waals surface area contributed by atoms with Gasteiger partial charge in [-0.2, -0.15) is 0 Å². The number of thiazole rings is 1. The maximum atomic E-state index is 12.5. The number of nitrogens with zero attached hydrogens (tertiary/aromatic N) is 3. The summed E-state index contributed by atoms with van der Waals surface area (Å²) >= 11 is 1.59. The second kappa shape index (κ2) is 7.75. The first-order valence-corrected chi connectivity index (χ1v) is 10.1. The van der Waals surface area contributed by atoms with Crippen LogP contribution >= 0.6 is 11.3 Å². The van der Waals surface area contributed by atoms with Crippen LogP contribution in [0.1, 0.15) is 23.4 Å². The Morgan fingerprint density at radius 1 is 1.17 bits per heavy atom. The van der Waals surface area contributed by atoms with Crippen molar-refractivity contribution in [3.63, 3.8) is 0 Å². The maximum Gasteiger partial charge on any atom is 0.326 e. The third-order valence-corrected chi connectivity index (χ3v) is 5.76. The molecule has 0 N–H and O–H groups in total. The van der Waals surface area contributed by atoms with Crippen LogP contribution < -0.4 is 4.90 Å². The topological polar surface area (TPSA) is 96.9 Å². The Bertz CT molecular complexity index is 999. The van der Waals surface area contributed by atoms with Crippen LogP contribution in [0.5, 0.6) is 0 Å². The van der Waals surface area contributed by atoms with E-state index in [0.717, 1.165) is 32.4 Å². The highest BCUT2D eigenvalue weighted by molar-refractivity contribution is 7.09. The molecular formula is C20H19N3O5S. The lowest BCUT2D eigenvalue weighted by molar-refractivity contribution is -0.154. The number of hydrogen-bond acceptors (Lipinski definition) is 7. The fourth-order valence-electron chi connectivity index (χ4n) is 3.51. The monoisotopic (exact) mass is 413 g/mol. The van der Waals surface area contributed by atoms with Crippen molar-refractivity contribution in [3.8, 4) is 11.3 Å². The highest BCUT2D eigenvalue weighted by atomic mass is 32.1. The smallest absolute Gasteiger partial charge is 0.326 e. The van der Waals surface area contributed by atoms with Crippen molar-refractivity contribution in [3.05, 3.63) is 34.2 Å². The lowest BCUT2D eigenvalue weighted by Gasteiger charge is -2.18. The van der Waals surface area contributed by atoms with Gasteiger partial charge in [-0.15, -0.1) is 11.3 Å². The van der Waals surface area contributed by atoms with Crippen LogP contribution in [0.15, 0.2) is 23.6 Å². The van der Waals surface area contributed by atoms with Crippen molar-refractivity contribution < 1.29 is 23.9 Å². The molecule has 1 aromatic heterocycles. The van der Waals surface area contributed by atoms with E-state index in [1.165, 1.54) is 0 Å². The number of fused-ring (bicyclic) bond motifs is 1. The molecule has 0 bridgehead atoms. The van der Waals surface area contributed by atoms with Crippen LogP contribution in [0, 0.1) is 6.92 Å². The summed E-state index contributed by atoms with van der Waals surface area (Å²) in [5.41, 5.74) is 3.77. The Kier molecular flexibility index (Phi) is 5.14. The fraction of sp³-hybridized carbons (Fsp3) is 0.350. The molecule has 2 aromatic rings. The van der Waals surface area contributed by atoms with Gasteiger partial charge in [0, 0.05) is 36.0 Å². The van der Waals surface area contributed by atoms with Crippen molar-refractivity contribution >= 4 is 40.7 Å². The fourth-order valence-corrected chi connectivity index (χ4v) is 4.13. The molecule has 3 heterocycles. The molecule has 29 heavy (non-hydrogen) atoms. The van der Waals surface area contributed by atoms with E-state index < -0.39 is 30.9 Å². The van der Waals surface area contributed by atoms with Gasteiger partial charge >= 0.3 is 5.97 Å². The quantitative estimate of drug-likeness (QED) is 0.547. The minimum Gasteiger partial charge on any atom is -0.454 e. The zero-order valence-corrected chi connectivity index (χ0v) is 16.7. The highest BCUT2D eigenvalue weighted by Crippen LogP contribution is 2.32. The molecule has 3 amide bonds. The van der Waals surface area contributed by atoms with E-state index in [4.69, 9.17) is 4.74 Å². The van der Waals surface area contributed by atoms with Crippen LogP contribution in [0.3, 0.4) is 0 Å². The average Bonchev–Trinajstić information content (AvgIpc) is 3.40. The van der Waals surface area contributed by atoms with Crippen molar-refractivity contribution in [1.82, 2.24) is 9.88 Å². The average molecular weight is 413 g/mol. The van der Waals surface area contributed by atoms with E-state index in [0.29, 0.717) is 13.0 Å². The Morgan fingerprint density at radius 2 is 1.93 bits per heavy atom. The number of carbonyl (C=O) groups excluding carboxylic acids is 4. The minimum atomic E-state index is -0.768. The number of esters is 1. The van der Waals surface area contributed by atoms with Gasteiger partial charge in [0.05, 0.1) is 10.7 Å². The second-order valence-corrected chi connectivity index (χ2v) is 7.99. The number of ether oxygens (including phenoxy) is 1. The maximum absolute atomic E-state index is 12.5. The number of hydrogen-bond donors (Lipinski definition) is 0. The van der Waals surface area contributed by atoms with E-state index in [9.17, 15) is 19.2 Å². The van der Waals surface area contributed by atoms with Crippen LogP contribution in [0.4, 0.5) is 5.69 Å². The van der Waals surface area contributed by atoms with E-state index >= 15 is 0 Å². The number of imide groups is 1. The SMILES string of the molecule is Cc1nc(-c2ccc3c(c2)CCN3C(=O)COC(=O)CN2C(=O)CCC2=O)cs1. The van der Waals surface area contributed by atoms with Crippen LogP contribution in [-0.2, 0) is 30.3 Å². The number of benzene rings is 1. The Labute approximate surface area is 171 Å². The third-order valence-electron chi connectivity index (χ3n) is 4.99. The molecule has 0 saturated carbocycles. The molecule has 1 saturated heterocycles. The molecule has 0 aliphatic carbocycles. The van der Waals surface area contributed by atoms with Crippen molar-refractivity contribution in [1.29, 1.82) is 0 Å². The second-order valence-electron chi connectivity index (χ2n) is 6.92. The Balaban J connectivity index is 1.37. The van der Waals surface area contributed by atoms with E-state index in [2.05, 4.69) is 4.98 Å². The molecule has 0 atom stereocenters. The van der Waals surface area contributed by atoms with Crippen molar-refractivity contribution in [2.75, 3.05) is 24.6 Å². The molecular weight excluding hydrogens is 394 g/mol. The van der Waals surface area contributed by atoms with Gasteiger partial charge in [-0.25, -0.2) is 4.98 Å². The van der Waals surface area contributed by atoms with Gasteiger partial charge in [-0.1, -0.05) is 6.07 Å². The molecule has 0 radical (unpaired) electrons. The first-order valence-electron chi connectivity index (χ1n) is 9.27. The van der Waals surface area contributed by atoms with Gasteiger partial charge in [0.2, 0.25) is 11.8 Å². The molecule has 8 nitrogen and oxygen atoms in total. The molecule has 1 aromatic carbocycles. The van der Waals surface area contributed by atoms with E-state index in [1.54, 1.807) is 16.2 Å². The number of amides is 3. The molecule has 2 aliphatic heterocycles. The zero-order chi connectivity index (χ0) is 20.5. The van der Waals surface area contributed by atoms with Gasteiger partial charge < -0.3 is 9.64 Å². The number of aryl methyl sites for hydroxylation is 1. The Hall–Kier alpha value is -3.07. The molecule has 9 heteroatoms. The lowest BCUT2D eigenvalue weighted by Crippen LogP contribution is -2.37. The standard InChI is InChI=1S/C20H19N3O5S/c1-12-21-15(11-29-12)13-2-3-16-14(8-13)6-7-22(16)19(26)10-28-20(27)9-23-17(24)4-5-18(23)25/h2-3,8,11H,4-7,9-10H2,1H3. The molecule has 2 aliphatic rings. The normalized spacial score (nSPS) is 15.8. The summed E-state index contributed by atoms with van der Waals surface area (Å²) in [7, 11) is 0. The third kappa shape index (κ3) is 3.91. The van der Waals surface area contributed by atoms with Gasteiger partial charge in [0.1, 0.15) is 6.54 Å². The summed E-state index contributed by atoms with van der Waals surface area (Å²) < 4.78 is 5.00. The van der Waals surface area contributed by atoms with Crippen molar-refractivity contribution in [2.24, 2.45) is 0 Å². The molecule has 1 fully saturated rings. The first-order chi connectivity index (χ1) is 13.9. The van der Waals surface area contributed by atoms with Gasteiger partial charge in [-0.05, 0) is 31.0 Å². The van der Waals surface area contributed by atoms with E-state index in [1.807, 2.05) is 30.5 Å². The number of aromatic nitrogens is 1. The summed E-state index contributed by atoms with van der Waals surface area (Å²) in [5.74, 6) is -1.89. The number of carbonyl (C=O) groups is 4. The van der Waals surface area contributed by atoms with Gasteiger partial charge in [0.25, 0.3) is 5.91 Å². The summed E-state index contributed by atoms with van der Waals surface area (Å²) in [4.78, 5) is 54.5. The van der Waals surface area contributed by atoms with Gasteiger partial charge in [0.15, 0.2) is 6.61 Å². The number of anilines is 1. The van der Waals surface area contributed by atoms with Crippen LogP contribution in [-0.4, -0.2) is 53.3 Å². The molecule has 150 valence electrons. The molecule has 0 spiro atoms. The summed E-state index contributed by atoms with van der Waals surface area (Å²) in [5, 5.41) is 3.00.